The lowest BCUT2D eigenvalue weighted by Crippen LogP contribution is -2.62. The minimum absolute atomic E-state index is 0.0452. The normalized spacial score (nSPS) is 23.9. The van der Waals surface area contributed by atoms with Crippen molar-refractivity contribution in [3.8, 4) is 0 Å². The Morgan fingerprint density at radius 2 is 1.72 bits per heavy atom. The van der Waals surface area contributed by atoms with Crippen LogP contribution in [-0.4, -0.2) is 91.0 Å². The highest BCUT2D eigenvalue weighted by molar-refractivity contribution is 7.89. The number of hydrogen-bond donors (Lipinski definition) is 4. The molecule has 0 radical (unpaired) electrons. The first kappa shape index (κ1) is 39.5. The SMILES string of the molecule is C=CCNC(=O)C(=O)C(CCC)NC(=O)[C@@H]1[C@@H]2[C@H](CN1C(=O)[C@@H](NC(=O)N[C@H](CN1Cc3sccc3S1(=O)=O)C(C)(C)C)C(C)(C)C)C2(C)C. The van der Waals surface area contributed by atoms with Crippen LogP contribution in [0.3, 0.4) is 0 Å². The van der Waals surface area contributed by atoms with E-state index in [0.717, 1.165) is 4.88 Å². The number of ketones is 1. The van der Waals surface area contributed by atoms with Crippen LogP contribution in [-0.2, 0) is 35.7 Å². The number of carbonyl (C=O) groups excluding carboxylic acids is 5. The minimum Gasteiger partial charge on any atom is -0.346 e. The highest BCUT2D eigenvalue weighted by Gasteiger charge is 2.70. The third-order valence-electron chi connectivity index (χ3n) is 10.4. The molecule has 1 aromatic rings. The second kappa shape index (κ2) is 14.4. The number of fused-ring (bicyclic) bond motifs is 2. The van der Waals surface area contributed by atoms with E-state index in [9.17, 15) is 32.4 Å². The molecule has 278 valence electrons. The van der Waals surface area contributed by atoms with Crippen LogP contribution >= 0.6 is 11.3 Å². The molecule has 1 aromatic heterocycles. The van der Waals surface area contributed by atoms with Crippen molar-refractivity contribution >= 4 is 50.9 Å². The highest BCUT2D eigenvalue weighted by atomic mass is 32.2. The van der Waals surface area contributed by atoms with Gasteiger partial charge in [0.05, 0.1) is 10.9 Å². The number of rotatable bonds is 13. The predicted molar refractivity (Wildman–Crippen MR) is 191 cm³/mol. The van der Waals surface area contributed by atoms with E-state index in [1.807, 2.05) is 62.3 Å². The quantitative estimate of drug-likeness (QED) is 0.178. The zero-order valence-corrected chi connectivity index (χ0v) is 32.3. The fraction of sp³-hybridized carbons (Fsp3) is 0.686. The van der Waals surface area contributed by atoms with Crippen molar-refractivity contribution in [1.29, 1.82) is 0 Å². The molecule has 0 spiro atoms. The van der Waals surface area contributed by atoms with Crippen molar-refractivity contribution < 1.29 is 32.4 Å². The van der Waals surface area contributed by atoms with Gasteiger partial charge in [-0.3, -0.25) is 19.2 Å². The summed E-state index contributed by atoms with van der Waals surface area (Å²) in [6.45, 7) is 21.3. The Bertz CT molecular complexity index is 1620. The number of nitrogens with one attached hydrogen (secondary N) is 4. The van der Waals surface area contributed by atoms with Crippen molar-refractivity contribution in [2.75, 3.05) is 19.6 Å². The molecule has 2 fully saturated rings. The van der Waals surface area contributed by atoms with E-state index in [1.165, 1.54) is 26.6 Å². The molecule has 1 saturated heterocycles. The van der Waals surface area contributed by atoms with Crippen LogP contribution in [0.25, 0.3) is 0 Å². The van der Waals surface area contributed by atoms with Gasteiger partial charge in [-0.1, -0.05) is 74.8 Å². The second-order valence-corrected chi connectivity index (χ2v) is 19.3. The Morgan fingerprint density at radius 1 is 1.06 bits per heavy atom. The monoisotopic (exact) mass is 734 g/mol. The maximum atomic E-state index is 14.4. The number of carbonyl (C=O) groups is 5. The molecule has 1 unspecified atom stereocenters. The summed E-state index contributed by atoms with van der Waals surface area (Å²) >= 11 is 1.38. The van der Waals surface area contributed by atoms with Gasteiger partial charge in [-0.15, -0.1) is 17.9 Å². The summed E-state index contributed by atoms with van der Waals surface area (Å²) < 4.78 is 27.8. The van der Waals surface area contributed by atoms with Crippen LogP contribution < -0.4 is 21.3 Å². The molecule has 50 heavy (non-hydrogen) atoms. The second-order valence-electron chi connectivity index (χ2n) is 16.4. The Morgan fingerprint density at radius 3 is 2.28 bits per heavy atom. The fourth-order valence-electron chi connectivity index (χ4n) is 7.14. The number of nitrogens with zero attached hydrogens (tertiary/aromatic N) is 2. The van der Waals surface area contributed by atoms with E-state index >= 15 is 0 Å². The van der Waals surface area contributed by atoms with Crippen LogP contribution in [0.1, 0.15) is 80.0 Å². The van der Waals surface area contributed by atoms with Gasteiger partial charge in [0.2, 0.25) is 27.6 Å². The van der Waals surface area contributed by atoms with E-state index in [1.54, 1.807) is 11.4 Å². The van der Waals surface area contributed by atoms with Crippen molar-refractivity contribution in [2.45, 2.75) is 111 Å². The Kier molecular flexibility index (Phi) is 11.4. The van der Waals surface area contributed by atoms with Gasteiger partial charge in [0, 0.05) is 37.1 Å². The van der Waals surface area contributed by atoms with Crippen molar-refractivity contribution in [1.82, 2.24) is 30.5 Å². The Balaban J connectivity index is 1.52. The molecule has 0 aromatic carbocycles. The average Bonchev–Trinajstić information content (AvgIpc) is 3.46. The molecule has 4 rings (SSSR count). The average molecular weight is 735 g/mol. The topological polar surface area (TPSA) is 174 Å². The smallest absolute Gasteiger partial charge is 0.315 e. The molecule has 2 aliphatic heterocycles. The molecule has 1 aliphatic carbocycles. The van der Waals surface area contributed by atoms with Gasteiger partial charge in [0.1, 0.15) is 12.1 Å². The van der Waals surface area contributed by atoms with Crippen LogP contribution in [0.5, 0.6) is 0 Å². The van der Waals surface area contributed by atoms with Crippen LogP contribution in [0.15, 0.2) is 29.0 Å². The van der Waals surface area contributed by atoms with Gasteiger partial charge in [-0.05, 0) is 45.9 Å². The summed E-state index contributed by atoms with van der Waals surface area (Å²) in [6.07, 6.45) is 2.24. The van der Waals surface area contributed by atoms with Gasteiger partial charge in [0.15, 0.2) is 0 Å². The van der Waals surface area contributed by atoms with Gasteiger partial charge in [0.25, 0.3) is 5.91 Å². The van der Waals surface area contributed by atoms with Gasteiger partial charge >= 0.3 is 6.03 Å². The number of Topliss-reactive ketones (excluding diaryl/α,β-unsaturated/α-hetero) is 1. The van der Waals surface area contributed by atoms with Gasteiger partial charge < -0.3 is 26.2 Å². The molecule has 6 atom stereocenters. The molecule has 0 bridgehead atoms. The first-order chi connectivity index (χ1) is 23.1. The number of thiophene rings is 1. The molecule has 3 aliphatic rings. The summed E-state index contributed by atoms with van der Waals surface area (Å²) in [5, 5.41) is 12.8. The lowest BCUT2D eigenvalue weighted by atomic mass is 9.85. The Hall–Kier alpha value is -3.30. The number of piperidine rings is 1. The van der Waals surface area contributed by atoms with Crippen molar-refractivity contribution in [3.63, 3.8) is 0 Å². The maximum absolute atomic E-state index is 14.4. The molecule has 3 heterocycles. The van der Waals surface area contributed by atoms with E-state index in [-0.39, 0.29) is 43.3 Å². The number of hydrogen-bond acceptors (Lipinski definition) is 8. The third kappa shape index (κ3) is 7.94. The van der Waals surface area contributed by atoms with Crippen LogP contribution in [0.2, 0.25) is 0 Å². The van der Waals surface area contributed by atoms with Crippen molar-refractivity contribution in [3.05, 3.63) is 29.0 Å². The van der Waals surface area contributed by atoms with E-state index in [4.69, 9.17) is 0 Å². The molecule has 15 heteroatoms. The predicted octanol–water partition coefficient (Wildman–Crippen LogP) is 3.02. The first-order valence-electron chi connectivity index (χ1n) is 17.2. The molecule has 5 amide bonds. The Labute approximate surface area is 300 Å². The third-order valence-corrected chi connectivity index (χ3v) is 13.3. The molecular formula is C35H54N6O7S2. The van der Waals surface area contributed by atoms with Crippen molar-refractivity contribution in [2.24, 2.45) is 28.1 Å². The van der Waals surface area contributed by atoms with E-state index in [2.05, 4.69) is 27.8 Å². The number of likely N-dealkylation sites (tertiary alicyclic amines) is 1. The minimum atomic E-state index is -3.69. The zero-order chi connectivity index (χ0) is 37.6. The summed E-state index contributed by atoms with van der Waals surface area (Å²) in [4.78, 5) is 70.1. The lowest BCUT2D eigenvalue weighted by molar-refractivity contribution is -0.145. The zero-order valence-electron chi connectivity index (χ0n) is 30.7. The number of urea groups is 1. The fourth-order valence-corrected chi connectivity index (χ4v) is 10.1. The summed E-state index contributed by atoms with van der Waals surface area (Å²) in [7, 11) is -3.69. The molecule has 4 N–H and O–H groups in total. The summed E-state index contributed by atoms with van der Waals surface area (Å²) in [5.74, 6) is -2.64. The largest absolute Gasteiger partial charge is 0.346 e. The summed E-state index contributed by atoms with van der Waals surface area (Å²) in [6, 6.07) is -2.63. The first-order valence-corrected chi connectivity index (χ1v) is 19.6. The maximum Gasteiger partial charge on any atom is 0.315 e. The lowest BCUT2D eigenvalue weighted by Gasteiger charge is -2.39. The molecule has 13 nitrogen and oxygen atoms in total. The van der Waals surface area contributed by atoms with Crippen LogP contribution in [0, 0.1) is 28.1 Å². The van der Waals surface area contributed by atoms with Gasteiger partial charge in [-0.25, -0.2) is 13.2 Å². The van der Waals surface area contributed by atoms with E-state index in [0.29, 0.717) is 17.9 Å². The molecular weight excluding hydrogens is 681 g/mol. The number of amides is 5. The standard InChI is InChI=1S/C35H54N6O7S2/c1-11-13-21(27(42)30(44)36-15-12-2)37-29(43)26-25-20(35(25,9)10)17-41(26)31(45)28(34(6,7)8)39-32(46)38-24(33(3,4)5)19-40-18-22-23(14-16-49-22)50(40,47)48/h12,14,16,20-21,24-26,28H,2,11,13,15,17-19H2,1,3-10H3,(H,36,44)(H,37,43)(H2,38,39,46)/t20-,21?,24+,25-,26-,28+/m0/s1. The molecule has 1 saturated carbocycles. The van der Waals surface area contributed by atoms with E-state index < -0.39 is 74.6 Å². The number of sulfonamides is 1. The highest BCUT2D eigenvalue weighted by Crippen LogP contribution is 2.65. The van der Waals surface area contributed by atoms with Gasteiger partial charge in [-0.2, -0.15) is 4.31 Å². The summed E-state index contributed by atoms with van der Waals surface area (Å²) in [5.41, 5.74) is -1.53. The van der Waals surface area contributed by atoms with Crippen LogP contribution in [0.4, 0.5) is 4.79 Å².